The van der Waals surface area contributed by atoms with Crippen LogP contribution in [0.25, 0.3) is 10.2 Å². The molecule has 2 heterocycles. The Kier molecular flexibility index (Phi) is 8.41. The third kappa shape index (κ3) is 6.50. The van der Waals surface area contributed by atoms with E-state index in [9.17, 15) is 9.59 Å². The molecule has 3 aromatic rings. The van der Waals surface area contributed by atoms with Gasteiger partial charge in [0.15, 0.2) is 17.5 Å². The Morgan fingerprint density at radius 3 is 2.82 bits per heavy atom. The maximum Gasteiger partial charge on any atom is 0.264 e. The van der Waals surface area contributed by atoms with Crippen molar-refractivity contribution in [2.75, 3.05) is 44.8 Å². The van der Waals surface area contributed by atoms with Crippen LogP contribution in [-0.4, -0.2) is 61.0 Å². The first-order chi connectivity index (χ1) is 16.6. The van der Waals surface area contributed by atoms with Gasteiger partial charge in [0.05, 0.1) is 23.4 Å². The lowest BCUT2D eigenvalue weighted by Crippen LogP contribution is -2.36. The number of benzene rings is 2. The number of amides is 1. The molecule has 1 fully saturated rings. The Balaban J connectivity index is 1.39. The molecule has 0 radical (unpaired) electrons. The van der Waals surface area contributed by atoms with Crippen molar-refractivity contribution < 1.29 is 19.1 Å². The highest BCUT2D eigenvalue weighted by atomic mass is 32.1. The van der Waals surface area contributed by atoms with Gasteiger partial charge in [-0.05, 0) is 68.3 Å². The molecule has 1 aliphatic rings. The van der Waals surface area contributed by atoms with E-state index < -0.39 is 0 Å². The zero-order valence-electron chi connectivity index (χ0n) is 19.3. The molecule has 7 nitrogen and oxygen atoms in total. The first kappa shape index (κ1) is 24.1. The lowest BCUT2D eigenvalue weighted by atomic mass is 10.0. The molecule has 1 amide bonds. The third-order valence-corrected chi connectivity index (χ3v) is 6.54. The Hall–Kier alpha value is -3.07. The number of aryl methyl sites for hydroxylation is 1. The number of thiazole rings is 1. The van der Waals surface area contributed by atoms with Crippen molar-refractivity contribution in [3.8, 4) is 5.75 Å². The summed E-state index contributed by atoms with van der Waals surface area (Å²) in [6.45, 7) is 6.06. The summed E-state index contributed by atoms with van der Waals surface area (Å²) in [5.74, 6) is 0.308. The number of ether oxygens (including phenoxy) is 2. The summed E-state index contributed by atoms with van der Waals surface area (Å²) in [5, 5.41) is 3.36. The summed E-state index contributed by atoms with van der Waals surface area (Å²) in [6.07, 6.45) is 4.97. The zero-order chi connectivity index (χ0) is 23.8. The fraction of sp³-hybridized carbons (Fsp3) is 0.346. The van der Waals surface area contributed by atoms with Crippen LogP contribution in [0.2, 0.25) is 0 Å². The Labute approximate surface area is 203 Å². The van der Waals surface area contributed by atoms with E-state index in [1.807, 2.05) is 37.3 Å². The van der Waals surface area contributed by atoms with E-state index in [4.69, 9.17) is 9.47 Å². The van der Waals surface area contributed by atoms with E-state index in [0.29, 0.717) is 16.4 Å². The van der Waals surface area contributed by atoms with Crippen molar-refractivity contribution in [3.63, 3.8) is 0 Å². The molecule has 1 aromatic heterocycles. The summed E-state index contributed by atoms with van der Waals surface area (Å²) < 4.78 is 12.3. The van der Waals surface area contributed by atoms with Crippen molar-refractivity contribution in [3.05, 3.63) is 65.7 Å². The predicted molar refractivity (Wildman–Crippen MR) is 135 cm³/mol. The number of ketones is 1. The molecule has 0 bridgehead atoms. The number of hydrogen-bond donors (Lipinski definition) is 1. The monoisotopic (exact) mass is 479 g/mol. The summed E-state index contributed by atoms with van der Waals surface area (Å²) in [5.41, 5.74) is 2.40. The van der Waals surface area contributed by atoms with Gasteiger partial charge in [0, 0.05) is 18.7 Å². The zero-order valence-corrected chi connectivity index (χ0v) is 20.1. The van der Waals surface area contributed by atoms with Gasteiger partial charge in [0.25, 0.3) is 5.91 Å². The van der Waals surface area contributed by atoms with Crippen molar-refractivity contribution in [1.29, 1.82) is 0 Å². The quantitative estimate of drug-likeness (QED) is 0.344. The van der Waals surface area contributed by atoms with Gasteiger partial charge in [-0.15, -0.1) is 0 Å². The van der Waals surface area contributed by atoms with Gasteiger partial charge in [-0.2, -0.15) is 0 Å². The summed E-state index contributed by atoms with van der Waals surface area (Å²) >= 11 is 1.43. The van der Waals surface area contributed by atoms with Crippen LogP contribution >= 0.6 is 11.3 Å². The highest BCUT2D eigenvalue weighted by molar-refractivity contribution is 7.22. The highest BCUT2D eigenvalue weighted by Gasteiger charge is 2.14. The molecule has 0 unspecified atom stereocenters. The maximum atomic E-state index is 12.5. The van der Waals surface area contributed by atoms with Crippen LogP contribution in [0.5, 0.6) is 5.75 Å². The van der Waals surface area contributed by atoms with Gasteiger partial charge in [0.2, 0.25) is 0 Å². The third-order valence-electron chi connectivity index (χ3n) is 5.59. The van der Waals surface area contributed by atoms with Crippen LogP contribution in [-0.2, 0) is 16.0 Å². The fourth-order valence-electron chi connectivity index (χ4n) is 3.86. The molecule has 0 spiro atoms. The SMILES string of the molecule is CC=CC(=O)c1ccc(OCC(=O)Nc2nc3ccccc3s2)c(CCCN2CCOCC2)c1. The maximum absolute atomic E-state index is 12.5. The van der Waals surface area contributed by atoms with Crippen LogP contribution in [0.3, 0.4) is 0 Å². The molecule has 1 aliphatic heterocycles. The van der Waals surface area contributed by atoms with Crippen LogP contribution in [0.4, 0.5) is 5.13 Å². The number of allylic oxidation sites excluding steroid dienone is 2. The largest absolute Gasteiger partial charge is 0.483 e. The van der Waals surface area contributed by atoms with Gasteiger partial charge >= 0.3 is 0 Å². The van der Waals surface area contributed by atoms with Gasteiger partial charge < -0.3 is 9.47 Å². The molecule has 34 heavy (non-hydrogen) atoms. The number of rotatable bonds is 10. The topological polar surface area (TPSA) is 80.8 Å². The van der Waals surface area contributed by atoms with Crippen molar-refractivity contribution in [1.82, 2.24) is 9.88 Å². The first-order valence-electron chi connectivity index (χ1n) is 11.5. The summed E-state index contributed by atoms with van der Waals surface area (Å²) in [6, 6.07) is 13.2. The number of anilines is 1. The molecule has 0 aliphatic carbocycles. The second-order valence-corrected chi connectivity index (χ2v) is 9.10. The smallest absolute Gasteiger partial charge is 0.264 e. The Morgan fingerprint density at radius 1 is 1.21 bits per heavy atom. The molecule has 8 heteroatoms. The van der Waals surface area contributed by atoms with E-state index in [2.05, 4.69) is 15.2 Å². The summed E-state index contributed by atoms with van der Waals surface area (Å²) in [4.78, 5) is 31.7. The minimum Gasteiger partial charge on any atom is -0.483 e. The van der Waals surface area contributed by atoms with Crippen LogP contribution in [0, 0.1) is 0 Å². The lowest BCUT2D eigenvalue weighted by molar-refractivity contribution is -0.118. The van der Waals surface area contributed by atoms with Crippen LogP contribution < -0.4 is 10.1 Å². The number of nitrogens with zero attached hydrogens (tertiary/aromatic N) is 2. The van der Waals surface area contributed by atoms with Crippen molar-refractivity contribution >= 4 is 38.4 Å². The molecule has 1 N–H and O–H groups in total. The second-order valence-electron chi connectivity index (χ2n) is 8.07. The van der Waals surface area contributed by atoms with E-state index in [0.717, 1.165) is 61.5 Å². The molecule has 1 saturated heterocycles. The molecule has 4 rings (SSSR count). The highest BCUT2D eigenvalue weighted by Crippen LogP contribution is 2.26. The molecule has 178 valence electrons. The number of carbonyl (C=O) groups is 2. The predicted octanol–water partition coefficient (Wildman–Crippen LogP) is 4.34. The van der Waals surface area contributed by atoms with E-state index in [-0.39, 0.29) is 18.3 Å². The van der Waals surface area contributed by atoms with Gasteiger partial charge in [0.1, 0.15) is 5.75 Å². The van der Waals surface area contributed by atoms with Crippen molar-refractivity contribution in [2.24, 2.45) is 0 Å². The van der Waals surface area contributed by atoms with Crippen LogP contribution in [0.1, 0.15) is 29.3 Å². The minimum atomic E-state index is -0.271. The number of hydrogen-bond acceptors (Lipinski definition) is 7. The van der Waals surface area contributed by atoms with E-state index >= 15 is 0 Å². The van der Waals surface area contributed by atoms with Gasteiger partial charge in [-0.3, -0.25) is 19.8 Å². The van der Waals surface area contributed by atoms with Gasteiger partial charge in [-0.25, -0.2) is 4.98 Å². The first-order valence-corrected chi connectivity index (χ1v) is 12.3. The number of fused-ring (bicyclic) bond motifs is 1. The second kappa shape index (κ2) is 11.9. The lowest BCUT2D eigenvalue weighted by Gasteiger charge is -2.26. The van der Waals surface area contributed by atoms with E-state index in [1.54, 1.807) is 24.3 Å². The number of para-hydroxylation sites is 1. The average molecular weight is 480 g/mol. The molecular weight excluding hydrogens is 450 g/mol. The Bertz CT molecular complexity index is 1130. The standard InChI is InChI=1S/C26H29N3O4S/c1-2-6-22(30)19-10-11-23(20(17-19)7-5-12-29-13-15-32-16-14-29)33-18-25(31)28-26-27-21-8-3-4-9-24(21)34-26/h2-4,6,8-11,17H,5,7,12-16,18H2,1H3,(H,27,28,31). The van der Waals surface area contributed by atoms with E-state index in [1.165, 1.54) is 11.3 Å². The Morgan fingerprint density at radius 2 is 2.03 bits per heavy atom. The van der Waals surface area contributed by atoms with Gasteiger partial charge in [-0.1, -0.05) is 29.5 Å². The molecule has 2 aromatic carbocycles. The normalized spacial score (nSPS) is 14.5. The van der Waals surface area contributed by atoms with Crippen LogP contribution in [0.15, 0.2) is 54.6 Å². The number of morpholine rings is 1. The molecular formula is C26H29N3O4S. The number of aromatic nitrogens is 1. The average Bonchev–Trinajstić information content (AvgIpc) is 3.26. The summed E-state index contributed by atoms with van der Waals surface area (Å²) in [7, 11) is 0. The minimum absolute atomic E-state index is 0.0444. The number of nitrogens with one attached hydrogen (secondary N) is 1. The molecule has 0 saturated carbocycles. The molecule has 0 atom stereocenters. The van der Waals surface area contributed by atoms with Crippen molar-refractivity contribution in [2.45, 2.75) is 19.8 Å². The fourth-order valence-corrected chi connectivity index (χ4v) is 4.74. The number of carbonyl (C=O) groups excluding carboxylic acids is 2.